The van der Waals surface area contributed by atoms with Gasteiger partial charge in [-0.05, 0) is 24.8 Å². The average Bonchev–Trinajstić information content (AvgIpc) is 2.73. The Morgan fingerprint density at radius 3 is 2.95 bits per heavy atom. The second kappa shape index (κ2) is 6.42. The first kappa shape index (κ1) is 15.1. The van der Waals surface area contributed by atoms with Gasteiger partial charge in [-0.2, -0.15) is 5.26 Å². The van der Waals surface area contributed by atoms with Gasteiger partial charge in [-0.3, -0.25) is 4.79 Å². The van der Waals surface area contributed by atoms with Crippen LogP contribution in [0.1, 0.15) is 30.7 Å². The third kappa shape index (κ3) is 3.05. The molecule has 0 amide bonds. The fourth-order valence-electron chi connectivity index (χ4n) is 2.06. The predicted molar refractivity (Wildman–Crippen MR) is 84.5 cm³/mol. The van der Waals surface area contributed by atoms with E-state index >= 15 is 0 Å². The molecule has 0 radical (unpaired) electrons. The minimum atomic E-state index is -0.0851. The zero-order valence-electron chi connectivity index (χ0n) is 11.8. The van der Waals surface area contributed by atoms with Crippen molar-refractivity contribution < 1.29 is 0 Å². The fraction of sp³-hybridized carbons (Fsp3) is 0.500. The maximum Gasteiger partial charge on any atom is 0.260 e. The number of thioether (sulfide) groups is 1. The molecular weight excluding hydrogens is 290 g/mol. The number of aromatic amines is 1. The SMILES string of the molecule is CCC(C)Cc1c(C)sc2nc(SCC#N)[nH]c(=O)c12. The lowest BCUT2D eigenvalue weighted by molar-refractivity contribution is 0.561. The number of nitrogens with one attached hydrogen (secondary N) is 1. The van der Waals surface area contributed by atoms with Crippen molar-refractivity contribution in [2.45, 2.75) is 38.8 Å². The van der Waals surface area contributed by atoms with E-state index in [0.717, 1.165) is 28.6 Å². The van der Waals surface area contributed by atoms with Crippen molar-refractivity contribution in [2.24, 2.45) is 5.92 Å². The first-order chi connectivity index (χ1) is 9.56. The number of thiophene rings is 1. The van der Waals surface area contributed by atoms with E-state index in [1.807, 2.05) is 13.0 Å². The molecule has 1 atom stereocenters. The van der Waals surface area contributed by atoms with Gasteiger partial charge in [0.15, 0.2) is 5.16 Å². The van der Waals surface area contributed by atoms with Crippen LogP contribution in [0, 0.1) is 24.2 Å². The van der Waals surface area contributed by atoms with Gasteiger partial charge >= 0.3 is 0 Å². The van der Waals surface area contributed by atoms with Gasteiger partial charge in [0, 0.05) is 4.88 Å². The van der Waals surface area contributed by atoms with Crippen molar-refractivity contribution >= 4 is 33.3 Å². The average molecular weight is 307 g/mol. The van der Waals surface area contributed by atoms with E-state index in [-0.39, 0.29) is 5.56 Å². The summed E-state index contributed by atoms with van der Waals surface area (Å²) in [4.78, 5) is 21.5. The minimum Gasteiger partial charge on any atom is -0.301 e. The van der Waals surface area contributed by atoms with Gasteiger partial charge in [0.05, 0.1) is 17.2 Å². The molecule has 0 aromatic carbocycles. The number of hydrogen-bond donors (Lipinski definition) is 1. The molecule has 0 bridgehead atoms. The highest BCUT2D eigenvalue weighted by Crippen LogP contribution is 2.30. The van der Waals surface area contributed by atoms with Gasteiger partial charge in [-0.25, -0.2) is 4.98 Å². The molecule has 2 heterocycles. The van der Waals surface area contributed by atoms with Crippen molar-refractivity contribution in [3.8, 4) is 6.07 Å². The molecule has 1 N–H and O–H groups in total. The zero-order valence-corrected chi connectivity index (χ0v) is 13.5. The van der Waals surface area contributed by atoms with Crippen molar-refractivity contribution in [1.29, 1.82) is 5.26 Å². The number of aromatic nitrogens is 2. The highest BCUT2D eigenvalue weighted by atomic mass is 32.2. The fourth-order valence-corrected chi connectivity index (χ4v) is 3.70. The lowest BCUT2D eigenvalue weighted by Crippen LogP contribution is -2.11. The maximum absolute atomic E-state index is 12.3. The normalized spacial score (nSPS) is 12.5. The van der Waals surface area contributed by atoms with E-state index in [0.29, 0.717) is 16.8 Å². The van der Waals surface area contributed by atoms with Crippen molar-refractivity contribution in [1.82, 2.24) is 9.97 Å². The van der Waals surface area contributed by atoms with Gasteiger partial charge in [0.25, 0.3) is 5.56 Å². The van der Waals surface area contributed by atoms with Crippen LogP contribution < -0.4 is 5.56 Å². The van der Waals surface area contributed by atoms with Crippen LogP contribution in [0.4, 0.5) is 0 Å². The Balaban J connectivity index is 2.49. The molecule has 2 aromatic heterocycles. The first-order valence-corrected chi connectivity index (χ1v) is 8.39. The van der Waals surface area contributed by atoms with E-state index in [1.165, 1.54) is 16.6 Å². The van der Waals surface area contributed by atoms with E-state index in [1.54, 1.807) is 11.3 Å². The predicted octanol–water partition coefficient (Wildman–Crippen LogP) is 3.50. The third-order valence-electron chi connectivity index (χ3n) is 3.36. The summed E-state index contributed by atoms with van der Waals surface area (Å²) < 4.78 is 0. The Kier molecular flexibility index (Phi) is 4.84. The first-order valence-electron chi connectivity index (χ1n) is 6.58. The third-order valence-corrected chi connectivity index (χ3v) is 5.15. The van der Waals surface area contributed by atoms with Crippen LogP contribution in [0.5, 0.6) is 0 Å². The van der Waals surface area contributed by atoms with Gasteiger partial charge in [0.2, 0.25) is 0 Å². The Hall–Kier alpha value is -1.32. The van der Waals surface area contributed by atoms with E-state index in [2.05, 4.69) is 23.8 Å². The number of nitriles is 1. The molecule has 6 heteroatoms. The Morgan fingerprint density at radius 1 is 1.55 bits per heavy atom. The van der Waals surface area contributed by atoms with Crippen LogP contribution >= 0.6 is 23.1 Å². The number of rotatable bonds is 5. The van der Waals surface area contributed by atoms with Crippen LogP contribution in [0.25, 0.3) is 10.2 Å². The molecule has 0 aliphatic heterocycles. The number of H-pyrrole nitrogens is 1. The number of fused-ring (bicyclic) bond motifs is 1. The van der Waals surface area contributed by atoms with Gasteiger partial charge in [-0.1, -0.05) is 32.0 Å². The Morgan fingerprint density at radius 2 is 2.30 bits per heavy atom. The molecule has 4 nitrogen and oxygen atoms in total. The maximum atomic E-state index is 12.3. The summed E-state index contributed by atoms with van der Waals surface area (Å²) in [5.41, 5.74) is 1.04. The van der Waals surface area contributed by atoms with Crippen LogP contribution in [0.2, 0.25) is 0 Å². The highest BCUT2D eigenvalue weighted by Gasteiger charge is 2.16. The minimum absolute atomic E-state index is 0.0851. The summed E-state index contributed by atoms with van der Waals surface area (Å²) in [5.74, 6) is 0.844. The van der Waals surface area contributed by atoms with E-state index < -0.39 is 0 Å². The largest absolute Gasteiger partial charge is 0.301 e. The molecule has 2 aromatic rings. The van der Waals surface area contributed by atoms with Gasteiger partial charge in [0.1, 0.15) is 4.83 Å². The highest BCUT2D eigenvalue weighted by molar-refractivity contribution is 7.99. The quantitative estimate of drug-likeness (QED) is 0.678. The molecule has 106 valence electrons. The molecule has 0 aliphatic carbocycles. The molecule has 1 unspecified atom stereocenters. The molecular formula is C14H17N3OS2. The van der Waals surface area contributed by atoms with Gasteiger partial charge < -0.3 is 4.98 Å². The summed E-state index contributed by atoms with van der Waals surface area (Å²) in [6.07, 6.45) is 2.01. The standard InChI is InChI=1S/C14H17N3OS2/c1-4-8(2)7-10-9(3)20-13-11(10)12(18)16-14(17-13)19-6-5-15/h8H,4,6-7H2,1-3H3,(H,16,17,18). The number of hydrogen-bond acceptors (Lipinski definition) is 5. The smallest absolute Gasteiger partial charge is 0.260 e. The summed E-state index contributed by atoms with van der Waals surface area (Å²) in [6, 6.07) is 2.04. The van der Waals surface area contributed by atoms with Crippen LogP contribution in [-0.4, -0.2) is 15.7 Å². The van der Waals surface area contributed by atoms with Crippen molar-refractivity contribution in [3.63, 3.8) is 0 Å². The monoisotopic (exact) mass is 307 g/mol. The Labute approximate surface area is 126 Å². The summed E-state index contributed by atoms with van der Waals surface area (Å²) in [7, 11) is 0. The van der Waals surface area contributed by atoms with Crippen molar-refractivity contribution in [3.05, 3.63) is 20.8 Å². The lowest BCUT2D eigenvalue weighted by atomic mass is 9.98. The van der Waals surface area contributed by atoms with Crippen LogP contribution in [0.3, 0.4) is 0 Å². The topological polar surface area (TPSA) is 69.5 Å². The summed E-state index contributed by atoms with van der Waals surface area (Å²) >= 11 is 2.83. The molecule has 0 fully saturated rings. The molecule has 0 aliphatic rings. The number of aryl methyl sites for hydroxylation is 1. The van der Waals surface area contributed by atoms with Crippen molar-refractivity contribution in [2.75, 3.05) is 5.75 Å². The van der Waals surface area contributed by atoms with Gasteiger partial charge in [-0.15, -0.1) is 11.3 Å². The molecule has 20 heavy (non-hydrogen) atoms. The summed E-state index contributed by atoms with van der Waals surface area (Å²) in [6.45, 7) is 6.40. The molecule has 2 rings (SSSR count). The number of nitrogens with zero attached hydrogens (tertiary/aromatic N) is 2. The molecule has 0 spiro atoms. The van der Waals surface area contributed by atoms with Crippen LogP contribution in [0.15, 0.2) is 9.95 Å². The lowest BCUT2D eigenvalue weighted by Gasteiger charge is -2.08. The summed E-state index contributed by atoms with van der Waals surface area (Å²) in [5, 5.41) is 9.86. The second-order valence-electron chi connectivity index (χ2n) is 4.85. The zero-order chi connectivity index (χ0) is 14.7. The van der Waals surface area contributed by atoms with E-state index in [9.17, 15) is 4.79 Å². The van der Waals surface area contributed by atoms with E-state index in [4.69, 9.17) is 5.26 Å². The Bertz CT molecular complexity index is 712. The molecule has 0 saturated heterocycles. The van der Waals surface area contributed by atoms with Crippen LogP contribution in [-0.2, 0) is 6.42 Å². The second-order valence-corrected chi connectivity index (χ2v) is 7.02. The molecule has 0 saturated carbocycles.